The first kappa shape index (κ1) is 14.1. The first-order chi connectivity index (χ1) is 9.03. The van der Waals surface area contributed by atoms with Crippen LogP contribution in [0.25, 0.3) is 0 Å². The number of carbonyl (C=O) groups is 2. The van der Waals surface area contributed by atoms with Crippen molar-refractivity contribution >= 4 is 40.3 Å². The van der Waals surface area contributed by atoms with Crippen molar-refractivity contribution in [2.45, 2.75) is 31.2 Å². The Balaban J connectivity index is 2.05. The Morgan fingerprint density at radius 2 is 1.84 bits per heavy atom. The molecule has 1 aliphatic carbocycles. The highest BCUT2D eigenvalue weighted by atomic mass is 127. The van der Waals surface area contributed by atoms with E-state index in [-0.39, 0.29) is 0 Å². The van der Waals surface area contributed by atoms with Crippen LogP contribution < -0.4 is 10.6 Å². The lowest BCUT2D eigenvalue weighted by atomic mass is 9.98. The molecule has 3 N–H and O–H groups in total. The number of carbonyl (C=O) groups excluding carboxylic acids is 1. The second kappa shape index (κ2) is 5.77. The first-order valence-electron chi connectivity index (χ1n) is 6.11. The molecule has 1 aromatic carbocycles. The van der Waals surface area contributed by atoms with Crippen molar-refractivity contribution in [3.63, 3.8) is 0 Å². The minimum absolute atomic E-state index is 0.464. The van der Waals surface area contributed by atoms with Gasteiger partial charge in [0.15, 0.2) is 0 Å². The smallest absolute Gasteiger partial charge is 0.329 e. The fourth-order valence-electron chi connectivity index (χ4n) is 2.30. The van der Waals surface area contributed by atoms with Crippen LogP contribution in [0.15, 0.2) is 24.3 Å². The molecule has 19 heavy (non-hydrogen) atoms. The van der Waals surface area contributed by atoms with Crippen LogP contribution in [0.2, 0.25) is 0 Å². The van der Waals surface area contributed by atoms with E-state index in [2.05, 4.69) is 33.2 Å². The molecule has 2 amide bonds. The molecule has 0 aromatic heterocycles. The first-order valence-corrected chi connectivity index (χ1v) is 7.18. The Bertz CT molecular complexity index is 498. The van der Waals surface area contributed by atoms with Gasteiger partial charge in [-0.15, -0.1) is 0 Å². The zero-order chi connectivity index (χ0) is 13.9. The summed E-state index contributed by atoms with van der Waals surface area (Å²) < 4.78 is 0.908. The summed E-state index contributed by atoms with van der Waals surface area (Å²) in [5.41, 5.74) is -0.427. The number of hydrogen-bond acceptors (Lipinski definition) is 2. The maximum absolute atomic E-state index is 11.9. The predicted molar refractivity (Wildman–Crippen MR) is 80.1 cm³/mol. The van der Waals surface area contributed by atoms with Crippen LogP contribution in [0.5, 0.6) is 0 Å². The molecule has 102 valence electrons. The van der Waals surface area contributed by atoms with Gasteiger partial charge in [0.2, 0.25) is 0 Å². The number of hydrogen-bond donors (Lipinski definition) is 3. The fourth-order valence-corrected chi connectivity index (χ4v) is 2.83. The van der Waals surface area contributed by atoms with Gasteiger partial charge in [0.1, 0.15) is 5.54 Å². The van der Waals surface area contributed by atoms with Gasteiger partial charge in [0.25, 0.3) is 0 Å². The number of halogens is 1. The topological polar surface area (TPSA) is 78.4 Å². The lowest BCUT2D eigenvalue weighted by Gasteiger charge is -2.25. The molecule has 0 unspecified atom stereocenters. The van der Waals surface area contributed by atoms with E-state index in [1.165, 1.54) is 0 Å². The largest absolute Gasteiger partial charge is 0.480 e. The number of benzene rings is 1. The fraction of sp³-hybridized carbons (Fsp3) is 0.385. The zero-order valence-electron chi connectivity index (χ0n) is 10.3. The second-order valence-corrected chi connectivity index (χ2v) is 5.82. The summed E-state index contributed by atoms with van der Waals surface area (Å²) in [6.45, 7) is 0. The third kappa shape index (κ3) is 3.17. The third-order valence-electron chi connectivity index (χ3n) is 3.34. The number of rotatable bonds is 3. The van der Waals surface area contributed by atoms with Crippen LogP contribution in [0.4, 0.5) is 10.5 Å². The summed E-state index contributed by atoms with van der Waals surface area (Å²) in [4.78, 5) is 23.3. The molecule has 1 saturated carbocycles. The number of nitrogens with one attached hydrogen (secondary N) is 2. The van der Waals surface area contributed by atoms with E-state index >= 15 is 0 Å². The molecule has 6 heteroatoms. The van der Waals surface area contributed by atoms with Crippen molar-refractivity contribution in [3.8, 4) is 0 Å². The average Bonchev–Trinajstić information content (AvgIpc) is 2.82. The number of para-hydroxylation sites is 1. The highest BCUT2D eigenvalue weighted by Crippen LogP contribution is 2.30. The van der Waals surface area contributed by atoms with Crippen LogP contribution in [0.3, 0.4) is 0 Å². The van der Waals surface area contributed by atoms with Crippen molar-refractivity contribution in [2.75, 3.05) is 5.32 Å². The summed E-state index contributed by atoms with van der Waals surface area (Å²) >= 11 is 2.12. The molecule has 0 spiro atoms. The summed E-state index contributed by atoms with van der Waals surface area (Å²) in [6, 6.07) is 6.89. The van der Waals surface area contributed by atoms with Crippen LogP contribution in [0, 0.1) is 3.57 Å². The zero-order valence-corrected chi connectivity index (χ0v) is 12.4. The van der Waals surface area contributed by atoms with Gasteiger partial charge in [-0.2, -0.15) is 0 Å². The minimum Gasteiger partial charge on any atom is -0.480 e. The van der Waals surface area contributed by atoms with Crippen molar-refractivity contribution in [3.05, 3.63) is 27.8 Å². The number of aliphatic carboxylic acids is 1. The molecule has 0 aliphatic heterocycles. The maximum atomic E-state index is 11.9. The van der Waals surface area contributed by atoms with Crippen LogP contribution in [-0.2, 0) is 4.79 Å². The molecule has 1 aromatic rings. The lowest BCUT2D eigenvalue weighted by molar-refractivity contribution is -0.144. The summed E-state index contributed by atoms with van der Waals surface area (Å²) in [5, 5.41) is 14.6. The highest BCUT2D eigenvalue weighted by molar-refractivity contribution is 14.1. The van der Waals surface area contributed by atoms with Crippen LogP contribution in [0.1, 0.15) is 25.7 Å². The van der Waals surface area contributed by atoms with E-state index in [0.29, 0.717) is 18.5 Å². The second-order valence-electron chi connectivity index (χ2n) is 4.65. The standard InChI is InChI=1S/C13H15IN2O3/c14-9-5-1-2-6-10(9)15-12(19)16-13(11(17)18)7-3-4-8-13/h1-2,5-6H,3-4,7-8H2,(H,17,18)(H2,15,16,19). The summed E-state index contributed by atoms with van der Waals surface area (Å²) in [5.74, 6) is -0.956. The van der Waals surface area contributed by atoms with Gasteiger partial charge in [-0.05, 0) is 47.6 Å². The third-order valence-corrected chi connectivity index (χ3v) is 4.28. The molecule has 0 radical (unpaired) electrons. The Labute approximate surface area is 124 Å². The minimum atomic E-state index is -1.11. The normalized spacial score (nSPS) is 16.9. The van der Waals surface area contributed by atoms with Gasteiger partial charge in [-0.3, -0.25) is 0 Å². The molecule has 0 atom stereocenters. The Morgan fingerprint density at radius 1 is 1.21 bits per heavy atom. The van der Waals surface area contributed by atoms with Gasteiger partial charge in [-0.1, -0.05) is 25.0 Å². The molecular formula is C13H15IN2O3. The van der Waals surface area contributed by atoms with E-state index in [1.807, 2.05) is 18.2 Å². The Morgan fingerprint density at radius 3 is 2.42 bits per heavy atom. The Kier molecular flexibility index (Phi) is 4.28. The SMILES string of the molecule is O=C(Nc1ccccc1I)NC1(C(=O)O)CCCC1. The molecule has 0 bridgehead atoms. The quantitative estimate of drug-likeness (QED) is 0.712. The monoisotopic (exact) mass is 374 g/mol. The molecular weight excluding hydrogens is 359 g/mol. The predicted octanol–water partition coefficient (Wildman–Crippen LogP) is 2.81. The molecule has 0 saturated heterocycles. The van der Waals surface area contributed by atoms with E-state index in [0.717, 1.165) is 16.4 Å². The van der Waals surface area contributed by atoms with Crippen molar-refractivity contribution < 1.29 is 14.7 Å². The average molecular weight is 374 g/mol. The van der Waals surface area contributed by atoms with Gasteiger partial charge >= 0.3 is 12.0 Å². The number of carboxylic acids is 1. The molecule has 5 nitrogen and oxygen atoms in total. The van der Waals surface area contributed by atoms with Gasteiger partial charge < -0.3 is 15.7 Å². The number of urea groups is 1. The van der Waals surface area contributed by atoms with Crippen LogP contribution in [-0.4, -0.2) is 22.6 Å². The molecule has 0 heterocycles. The molecule has 2 rings (SSSR count). The number of anilines is 1. The van der Waals surface area contributed by atoms with E-state index in [9.17, 15) is 14.7 Å². The van der Waals surface area contributed by atoms with Gasteiger partial charge in [0.05, 0.1) is 5.69 Å². The van der Waals surface area contributed by atoms with Gasteiger partial charge in [-0.25, -0.2) is 9.59 Å². The highest BCUT2D eigenvalue weighted by Gasteiger charge is 2.42. The van der Waals surface area contributed by atoms with Crippen molar-refractivity contribution in [2.24, 2.45) is 0 Å². The van der Waals surface area contributed by atoms with Crippen LogP contribution >= 0.6 is 22.6 Å². The number of amides is 2. The van der Waals surface area contributed by atoms with Crippen molar-refractivity contribution in [1.29, 1.82) is 0 Å². The maximum Gasteiger partial charge on any atom is 0.329 e. The van der Waals surface area contributed by atoms with E-state index < -0.39 is 17.5 Å². The summed E-state index contributed by atoms with van der Waals surface area (Å²) in [7, 11) is 0. The van der Waals surface area contributed by atoms with Crippen molar-refractivity contribution in [1.82, 2.24) is 5.32 Å². The van der Waals surface area contributed by atoms with E-state index in [1.54, 1.807) is 6.07 Å². The Hall–Kier alpha value is -1.31. The van der Waals surface area contributed by atoms with Gasteiger partial charge in [0, 0.05) is 3.57 Å². The molecule has 1 aliphatic rings. The lowest BCUT2D eigenvalue weighted by Crippen LogP contribution is -2.53. The number of carboxylic acid groups (broad SMARTS) is 1. The summed E-state index contributed by atoms with van der Waals surface area (Å²) in [6.07, 6.45) is 2.63. The van der Waals surface area contributed by atoms with E-state index in [4.69, 9.17) is 0 Å². The molecule has 1 fully saturated rings.